The van der Waals surface area contributed by atoms with Crippen molar-refractivity contribution in [3.8, 4) is 11.5 Å². The van der Waals surface area contributed by atoms with Crippen molar-refractivity contribution >= 4 is 17.5 Å². The first-order valence-corrected chi connectivity index (χ1v) is 9.36. The molecule has 5 nitrogen and oxygen atoms in total. The quantitative estimate of drug-likeness (QED) is 0.594. The average molecular weight is 384 g/mol. The van der Waals surface area contributed by atoms with E-state index in [2.05, 4.69) is 10.2 Å². The highest BCUT2D eigenvalue weighted by molar-refractivity contribution is 6.33. The van der Waals surface area contributed by atoms with Crippen LogP contribution < -0.4 is 0 Å². The summed E-state index contributed by atoms with van der Waals surface area (Å²) in [6.07, 6.45) is 1.21. The number of nitrogens with zero attached hydrogens (tertiary/aromatic N) is 3. The number of hydrogen-bond donors (Lipinski definition) is 0. The number of carbonyl (C=O) groups excluding carboxylic acids is 1. The van der Waals surface area contributed by atoms with Crippen LogP contribution in [0.2, 0.25) is 5.02 Å². The summed E-state index contributed by atoms with van der Waals surface area (Å²) in [6.45, 7) is 4.97. The van der Waals surface area contributed by atoms with Crippen LogP contribution in [0.1, 0.15) is 30.4 Å². The molecule has 0 aliphatic heterocycles. The molecule has 6 heteroatoms. The van der Waals surface area contributed by atoms with Crippen LogP contribution in [-0.4, -0.2) is 27.5 Å². The molecule has 0 radical (unpaired) electrons. The first-order chi connectivity index (χ1) is 13.1. The maximum atomic E-state index is 12.8. The van der Waals surface area contributed by atoms with Gasteiger partial charge in [0.1, 0.15) is 0 Å². The molecule has 1 heterocycles. The Morgan fingerprint density at radius 2 is 1.85 bits per heavy atom. The van der Waals surface area contributed by atoms with Crippen LogP contribution in [0, 0.1) is 6.92 Å². The highest BCUT2D eigenvalue weighted by atomic mass is 35.5. The van der Waals surface area contributed by atoms with Crippen LogP contribution in [0.5, 0.6) is 0 Å². The smallest absolute Gasteiger partial charge is 0.249 e. The Balaban J connectivity index is 1.74. The SMILES string of the molecule is CCCN(Cc1nnc(-c2ccccc2Cl)o1)C(=O)Cc1ccccc1C. The molecular weight excluding hydrogens is 362 g/mol. The molecule has 0 aliphatic carbocycles. The van der Waals surface area contributed by atoms with E-state index in [1.807, 2.05) is 56.3 Å². The zero-order valence-electron chi connectivity index (χ0n) is 15.5. The number of benzene rings is 2. The van der Waals surface area contributed by atoms with E-state index in [0.717, 1.165) is 17.5 Å². The van der Waals surface area contributed by atoms with E-state index in [1.165, 1.54) is 0 Å². The summed E-state index contributed by atoms with van der Waals surface area (Å²) in [6, 6.07) is 15.2. The van der Waals surface area contributed by atoms with Gasteiger partial charge in [0.05, 0.1) is 23.6 Å². The van der Waals surface area contributed by atoms with E-state index in [9.17, 15) is 4.79 Å². The molecule has 0 aliphatic rings. The summed E-state index contributed by atoms with van der Waals surface area (Å²) in [5, 5.41) is 8.72. The summed E-state index contributed by atoms with van der Waals surface area (Å²) in [7, 11) is 0. The second-order valence-electron chi connectivity index (χ2n) is 6.40. The molecule has 0 bridgehead atoms. The van der Waals surface area contributed by atoms with Crippen LogP contribution in [0.3, 0.4) is 0 Å². The van der Waals surface area contributed by atoms with Gasteiger partial charge >= 0.3 is 0 Å². The Kier molecular flexibility index (Phi) is 6.24. The maximum absolute atomic E-state index is 12.8. The number of halogens is 1. The Morgan fingerprint density at radius 1 is 1.11 bits per heavy atom. The van der Waals surface area contributed by atoms with Crippen molar-refractivity contribution in [1.82, 2.24) is 15.1 Å². The third-order valence-electron chi connectivity index (χ3n) is 4.35. The lowest BCUT2D eigenvalue weighted by atomic mass is 10.1. The highest BCUT2D eigenvalue weighted by Crippen LogP contribution is 2.26. The molecule has 27 heavy (non-hydrogen) atoms. The Labute approximate surface area is 164 Å². The van der Waals surface area contributed by atoms with Crippen LogP contribution >= 0.6 is 11.6 Å². The number of carbonyl (C=O) groups is 1. The van der Waals surface area contributed by atoms with Crippen molar-refractivity contribution in [2.45, 2.75) is 33.2 Å². The largest absolute Gasteiger partial charge is 0.419 e. The first-order valence-electron chi connectivity index (χ1n) is 8.98. The van der Waals surface area contributed by atoms with E-state index in [1.54, 1.807) is 11.0 Å². The fraction of sp³-hybridized carbons (Fsp3) is 0.286. The summed E-state index contributed by atoms with van der Waals surface area (Å²) in [5.74, 6) is 0.804. The molecule has 3 rings (SSSR count). The van der Waals surface area contributed by atoms with Gasteiger partial charge in [0, 0.05) is 6.54 Å². The lowest BCUT2D eigenvalue weighted by Gasteiger charge is -2.20. The van der Waals surface area contributed by atoms with Crippen molar-refractivity contribution in [3.63, 3.8) is 0 Å². The van der Waals surface area contributed by atoms with E-state index in [-0.39, 0.29) is 12.5 Å². The Hall–Kier alpha value is -2.66. The van der Waals surface area contributed by atoms with E-state index in [0.29, 0.717) is 35.3 Å². The number of aromatic nitrogens is 2. The molecule has 0 N–H and O–H groups in total. The van der Waals surface area contributed by atoms with Crippen LogP contribution in [0.25, 0.3) is 11.5 Å². The van der Waals surface area contributed by atoms with Crippen LogP contribution in [0.4, 0.5) is 0 Å². The fourth-order valence-corrected chi connectivity index (χ4v) is 3.09. The van der Waals surface area contributed by atoms with Crippen molar-refractivity contribution in [3.05, 3.63) is 70.6 Å². The molecule has 0 fully saturated rings. The minimum atomic E-state index is 0.0450. The molecule has 3 aromatic rings. The van der Waals surface area contributed by atoms with Crippen molar-refractivity contribution in [1.29, 1.82) is 0 Å². The van der Waals surface area contributed by atoms with Gasteiger partial charge in [0.25, 0.3) is 0 Å². The van der Waals surface area contributed by atoms with Gasteiger partial charge in [-0.25, -0.2) is 0 Å². The predicted molar refractivity (Wildman–Crippen MR) is 105 cm³/mol. The Bertz CT molecular complexity index is 923. The van der Waals surface area contributed by atoms with Gasteiger partial charge in [-0.15, -0.1) is 10.2 Å². The third-order valence-corrected chi connectivity index (χ3v) is 4.68. The average Bonchev–Trinajstić information content (AvgIpc) is 3.12. The van der Waals surface area contributed by atoms with Gasteiger partial charge in [0.15, 0.2) is 0 Å². The van der Waals surface area contributed by atoms with E-state index >= 15 is 0 Å². The molecule has 2 aromatic carbocycles. The second-order valence-corrected chi connectivity index (χ2v) is 6.81. The highest BCUT2D eigenvalue weighted by Gasteiger charge is 2.19. The number of amides is 1. The van der Waals surface area contributed by atoms with E-state index < -0.39 is 0 Å². The first kappa shape index (κ1) is 19.1. The molecule has 0 saturated heterocycles. The number of hydrogen-bond acceptors (Lipinski definition) is 4. The zero-order chi connectivity index (χ0) is 19.2. The molecule has 0 atom stereocenters. The van der Waals surface area contributed by atoms with Gasteiger partial charge in [-0.2, -0.15) is 0 Å². The van der Waals surface area contributed by atoms with Crippen LogP contribution in [0.15, 0.2) is 52.9 Å². The second kappa shape index (κ2) is 8.82. The molecule has 1 amide bonds. The van der Waals surface area contributed by atoms with Gasteiger partial charge in [0.2, 0.25) is 17.7 Å². The normalized spacial score (nSPS) is 10.8. The van der Waals surface area contributed by atoms with Crippen molar-refractivity contribution in [2.75, 3.05) is 6.54 Å². The summed E-state index contributed by atoms with van der Waals surface area (Å²) < 4.78 is 5.75. The van der Waals surface area contributed by atoms with Gasteiger partial charge < -0.3 is 9.32 Å². The summed E-state index contributed by atoms with van der Waals surface area (Å²) >= 11 is 6.19. The monoisotopic (exact) mass is 383 g/mol. The molecule has 140 valence electrons. The maximum Gasteiger partial charge on any atom is 0.249 e. The molecule has 0 unspecified atom stereocenters. The van der Waals surface area contributed by atoms with Gasteiger partial charge in [-0.3, -0.25) is 4.79 Å². The molecule has 0 saturated carbocycles. The number of aryl methyl sites for hydroxylation is 1. The number of rotatable bonds is 7. The van der Waals surface area contributed by atoms with E-state index in [4.69, 9.17) is 16.0 Å². The molecular formula is C21H22ClN3O2. The van der Waals surface area contributed by atoms with Gasteiger partial charge in [-0.05, 0) is 36.6 Å². The summed E-state index contributed by atoms with van der Waals surface area (Å²) in [5.41, 5.74) is 2.83. The lowest BCUT2D eigenvalue weighted by molar-refractivity contribution is -0.131. The predicted octanol–water partition coefficient (Wildman–Crippen LogP) is 4.68. The minimum absolute atomic E-state index is 0.0450. The molecule has 1 aromatic heterocycles. The minimum Gasteiger partial charge on any atom is -0.419 e. The fourth-order valence-electron chi connectivity index (χ4n) is 2.87. The Morgan fingerprint density at radius 3 is 2.59 bits per heavy atom. The summed E-state index contributed by atoms with van der Waals surface area (Å²) in [4.78, 5) is 14.6. The third kappa shape index (κ3) is 4.74. The van der Waals surface area contributed by atoms with Gasteiger partial charge in [-0.1, -0.05) is 54.9 Å². The lowest BCUT2D eigenvalue weighted by Crippen LogP contribution is -2.32. The standard InChI is InChI=1S/C21H22ClN3O2/c1-3-12-25(20(26)13-16-9-5-4-8-15(16)2)14-19-23-24-21(27-19)17-10-6-7-11-18(17)22/h4-11H,3,12-14H2,1-2H3. The topological polar surface area (TPSA) is 59.2 Å². The van der Waals surface area contributed by atoms with Crippen LogP contribution in [-0.2, 0) is 17.8 Å². The zero-order valence-corrected chi connectivity index (χ0v) is 16.2. The van der Waals surface area contributed by atoms with Crippen molar-refractivity contribution in [2.24, 2.45) is 0 Å². The van der Waals surface area contributed by atoms with Crippen molar-refractivity contribution < 1.29 is 9.21 Å². The molecule has 0 spiro atoms.